The molecule has 0 bridgehead atoms. The van der Waals surface area contributed by atoms with Crippen molar-refractivity contribution in [2.75, 3.05) is 24.6 Å². The van der Waals surface area contributed by atoms with Gasteiger partial charge in [0.15, 0.2) is 0 Å². The van der Waals surface area contributed by atoms with Gasteiger partial charge in [-0.15, -0.1) is 7.26 Å². The van der Waals surface area contributed by atoms with Crippen LogP contribution in [-0.2, 0) is 0 Å². The van der Waals surface area contributed by atoms with E-state index in [1.807, 2.05) is 0 Å². The lowest BCUT2D eigenvalue weighted by Gasteiger charge is -2.37. The first-order chi connectivity index (χ1) is 10.7. The van der Waals surface area contributed by atoms with Crippen LogP contribution in [0.3, 0.4) is 0 Å². The Morgan fingerprint density at radius 3 is 1.32 bits per heavy atom. The van der Waals surface area contributed by atoms with E-state index in [-0.39, 0.29) is 0 Å². The summed E-state index contributed by atoms with van der Waals surface area (Å²) in [6, 6.07) is 0. The van der Waals surface area contributed by atoms with E-state index in [1.54, 1.807) is 43.4 Å². The summed E-state index contributed by atoms with van der Waals surface area (Å²) in [5.74, 6) is 0. The largest absolute Gasteiger partial charge is 0.351 e. The quantitative estimate of drug-likeness (QED) is 0.430. The van der Waals surface area contributed by atoms with Gasteiger partial charge in [-0.2, -0.15) is 0 Å². The average Bonchev–Trinajstić information content (AvgIpc) is 3.13. The Balaban J connectivity index is 0.000000734. The van der Waals surface area contributed by atoms with E-state index in [4.69, 9.17) is 0 Å². The Labute approximate surface area is 140 Å². The highest BCUT2D eigenvalue weighted by molar-refractivity contribution is 7.75. The molecule has 0 saturated heterocycles. The van der Waals surface area contributed by atoms with E-state index in [9.17, 15) is 0 Å². The number of hydrogen-bond acceptors (Lipinski definition) is 1. The maximum atomic E-state index is 3.67. The van der Waals surface area contributed by atoms with Gasteiger partial charge in [-0.3, -0.25) is 0 Å². The highest BCUT2D eigenvalue weighted by Crippen LogP contribution is 2.61. The molecule has 131 valence electrons. The molecule has 0 aliphatic carbocycles. The van der Waals surface area contributed by atoms with Gasteiger partial charge in [0.05, 0.1) is 6.33 Å². The summed E-state index contributed by atoms with van der Waals surface area (Å²) in [6.45, 7) is 9.42. The molecule has 0 atom stereocenters. The monoisotopic (exact) mass is 327 g/mol. The molecule has 22 heavy (non-hydrogen) atoms. The molecule has 0 saturated carbocycles. The summed E-state index contributed by atoms with van der Waals surface area (Å²) in [5, 5.41) is 0. The molecule has 2 nitrogen and oxygen atoms in total. The maximum Gasteiger partial charge on any atom is 0.0919 e. The van der Waals surface area contributed by atoms with Crippen LogP contribution >= 0.6 is 7.26 Å². The smallest absolute Gasteiger partial charge is 0.0919 e. The van der Waals surface area contributed by atoms with Crippen molar-refractivity contribution in [1.29, 1.82) is 0 Å². The molecular weight excluding hydrogens is 287 g/mol. The van der Waals surface area contributed by atoms with Gasteiger partial charge in [-0.1, -0.05) is 53.4 Å². The topological polar surface area (TPSA) is 28.7 Å². The predicted octanol–water partition coefficient (Wildman–Crippen LogP) is 6.61. The van der Waals surface area contributed by atoms with Crippen LogP contribution in [0.4, 0.5) is 0 Å². The van der Waals surface area contributed by atoms with Crippen molar-refractivity contribution in [3.05, 3.63) is 18.7 Å². The fourth-order valence-electron chi connectivity index (χ4n) is 2.86. The zero-order valence-electron chi connectivity index (χ0n) is 15.6. The Kier molecular flexibility index (Phi) is 15.3. The molecule has 0 aliphatic rings. The van der Waals surface area contributed by atoms with Gasteiger partial charge in [0.1, 0.15) is 0 Å². The van der Waals surface area contributed by atoms with Crippen molar-refractivity contribution >= 4 is 7.26 Å². The van der Waals surface area contributed by atoms with Gasteiger partial charge in [0.2, 0.25) is 0 Å². The van der Waals surface area contributed by atoms with Crippen LogP contribution in [0.25, 0.3) is 0 Å². The van der Waals surface area contributed by atoms with Crippen molar-refractivity contribution in [1.82, 2.24) is 9.97 Å². The Bertz CT molecular complexity index is 244. The number of aromatic nitrogens is 2. The zero-order valence-corrected chi connectivity index (χ0v) is 16.5. The molecule has 1 N–H and O–H groups in total. The third-order valence-corrected chi connectivity index (χ3v) is 9.41. The highest BCUT2D eigenvalue weighted by atomic mass is 31.2. The van der Waals surface area contributed by atoms with Crippen molar-refractivity contribution in [3.8, 4) is 0 Å². The van der Waals surface area contributed by atoms with Gasteiger partial charge < -0.3 is 4.98 Å². The SMILES string of the molecule is CCCC[P](CCCC)(CCCC)CCCC.c1c[nH]cn1. The number of nitrogens with one attached hydrogen (secondary N) is 1. The molecular formula is C19H40N2P. The fraction of sp³-hybridized carbons (Fsp3) is 0.842. The van der Waals surface area contributed by atoms with Gasteiger partial charge >= 0.3 is 0 Å². The molecule has 0 fully saturated rings. The molecule has 1 rings (SSSR count). The Morgan fingerprint density at radius 1 is 0.727 bits per heavy atom. The first kappa shape index (κ1) is 21.6. The van der Waals surface area contributed by atoms with Crippen molar-refractivity contribution in [2.45, 2.75) is 79.1 Å². The lowest BCUT2D eigenvalue weighted by molar-refractivity contribution is 0.814. The van der Waals surface area contributed by atoms with E-state index in [0.29, 0.717) is 0 Å². The summed E-state index contributed by atoms with van der Waals surface area (Å²) in [7, 11) is -0.562. The predicted molar refractivity (Wildman–Crippen MR) is 105 cm³/mol. The highest BCUT2D eigenvalue weighted by Gasteiger charge is 2.24. The van der Waals surface area contributed by atoms with Crippen LogP contribution < -0.4 is 0 Å². The first-order valence-electron chi connectivity index (χ1n) is 9.52. The number of rotatable bonds is 12. The van der Waals surface area contributed by atoms with Gasteiger partial charge in [-0.25, -0.2) is 4.98 Å². The van der Waals surface area contributed by atoms with Crippen molar-refractivity contribution in [2.24, 2.45) is 0 Å². The molecule has 1 heterocycles. The molecule has 1 aromatic heterocycles. The van der Waals surface area contributed by atoms with Crippen molar-refractivity contribution in [3.63, 3.8) is 0 Å². The molecule has 1 radical (unpaired) electrons. The Morgan fingerprint density at radius 2 is 1.14 bits per heavy atom. The second-order valence-corrected chi connectivity index (χ2v) is 10.9. The standard InChI is InChI=1S/C16H36P.C3H4N2/c1-5-9-13-17(14-10-6-2,15-11-7-3)16-12-8-4;1-2-5-3-4-1/h5-16H2,1-4H3;1-3H,(H,4,5). The molecule has 0 aromatic carbocycles. The molecule has 0 spiro atoms. The van der Waals surface area contributed by atoms with Gasteiger partial charge in [0, 0.05) is 12.4 Å². The summed E-state index contributed by atoms with van der Waals surface area (Å²) >= 11 is 0. The van der Waals surface area contributed by atoms with Crippen LogP contribution in [0.15, 0.2) is 18.7 Å². The van der Waals surface area contributed by atoms with Crippen LogP contribution in [0.5, 0.6) is 0 Å². The van der Waals surface area contributed by atoms with E-state index >= 15 is 0 Å². The lowest BCUT2D eigenvalue weighted by Crippen LogP contribution is -2.12. The minimum absolute atomic E-state index is 0.562. The van der Waals surface area contributed by atoms with Gasteiger partial charge in [0.25, 0.3) is 0 Å². The number of aromatic amines is 1. The average molecular weight is 328 g/mol. The van der Waals surface area contributed by atoms with Crippen molar-refractivity contribution < 1.29 is 0 Å². The van der Waals surface area contributed by atoms with Crippen LogP contribution in [-0.4, -0.2) is 34.6 Å². The lowest BCUT2D eigenvalue weighted by atomic mass is 10.4. The maximum absolute atomic E-state index is 3.67. The molecule has 1 aromatic rings. The number of H-pyrrole nitrogens is 1. The summed E-state index contributed by atoms with van der Waals surface area (Å²) in [4.78, 5) is 6.42. The van der Waals surface area contributed by atoms with E-state index < -0.39 is 7.26 Å². The number of imidazole rings is 1. The molecule has 3 heteroatoms. The van der Waals surface area contributed by atoms with E-state index in [0.717, 1.165) is 0 Å². The van der Waals surface area contributed by atoms with Crippen LogP contribution in [0.2, 0.25) is 0 Å². The van der Waals surface area contributed by atoms with Crippen LogP contribution in [0.1, 0.15) is 79.1 Å². The zero-order chi connectivity index (χ0) is 16.5. The second kappa shape index (κ2) is 15.5. The summed E-state index contributed by atoms with van der Waals surface area (Å²) in [5.41, 5.74) is 0. The third kappa shape index (κ3) is 11.2. The van der Waals surface area contributed by atoms with Gasteiger partial charge in [-0.05, 0) is 50.3 Å². The minimum atomic E-state index is -0.562. The fourth-order valence-corrected chi connectivity index (χ4v) is 8.15. The third-order valence-electron chi connectivity index (χ3n) is 4.35. The van der Waals surface area contributed by atoms with Crippen LogP contribution in [0, 0.1) is 0 Å². The normalized spacial score (nSPS) is 11.1. The second-order valence-electron chi connectivity index (χ2n) is 6.41. The van der Waals surface area contributed by atoms with E-state index in [1.165, 1.54) is 51.4 Å². The molecule has 0 amide bonds. The van der Waals surface area contributed by atoms with E-state index in [2.05, 4.69) is 37.7 Å². The Hall–Kier alpha value is -0.360. The summed E-state index contributed by atoms with van der Waals surface area (Å²) < 4.78 is 0. The number of nitrogens with zero attached hydrogens (tertiary/aromatic N) is 1. The number of hydrogen-bond donors (Lipinski definition) is 1. The molecule has 0 aliphatic heterocycles. The minimum Gasteiger partial charge on any atom is -0.351 e. The molecule has 0 unspecified atom stereocenters. The summed E-state index contributed by atoms with van der Waals surface area (Å²) in [6.07, 6.45) is 23.0. The first-order valence-corrected chi connectivity index (χ1v) is 12.1. The number of unbranched alkanes of at least 4 members (excludes halogenated alkanes) is 4.